The van der Waals surface area contributed by atoms with Gasteiger partial charge in [0.25, 0.3) is 0 Å². The van der Waals surface area contributed by atoms with Crippen molar-refractivity contribution in [2.24, 2.45) is 0 Å². The Morgan fingerprint density at radius 2 is 2.36 bits per heavy atom. The largest absolute Gasteiger partial charge is 0.378 e. The van der Waals surface area contributed by atoms with Crippen LogP contribution in [0.15, 0.2) is 15.2 Å². The molecule has 1 aromatic rings. The molecule has 1 N–H and O–H groups in total. The average molecular weight is 235 g/mol. The number of carbonyl (C=O) groups is 1. The van der Waals surface area contributed by atoms with Crippen LogP contribution >= 0.6 is 27.3 Å². The zero-order valence-corrected chi connectivity index (χ0v) is 8.28. The Hall–Kier alpha value is -0.190. The maximum Gasteiger partial charge on any atom is 0.155 e. The van der Waals surface area contributed by atoms with Crippen molar-refractivity contribution in [3.05, 3.63) is 20.8 Å². The van der Waals surface area contributed by atoms with Crippen LogP contribution in [0.1, 0.15) is 12.5 Å². The zero-order valence-electron chi connectivity index (χ0n) is 5.87. The van der Waals surface area contributed by atoms with Crippen LogP contribution in [0.3, 0.4) is 0 Å². The highest BCUT2D eigenvalue weighted by atomic mass is 79.9. The number of thiophene rings is 1. The molecule has 0 aliphatic carbocycles. The summed E-state index contributed by atoms with van der Waals surface area (Å²) in [5.41, 5.74) is -0.740. The number of aldehydes is 1. The number of halogens is 1. The van der Waals surface area contributed by atoms with E-state index in [1.165, 1.54) is 18.3 Å². The molecule has 0 aliphatic heterocycles. The highest BCUT2D eigenvalue weighted by Crippen LogP contribution is 2.29. The predicted octanol–water partition coefficient (Wildman–Crippen LogP) is 1.92. The van der Waals surface area contributed by atoms with Gasteiger partial charge in [0.05, 0.1) is 0 Å². The normalized spacial score (nSPS) is 15.9. The summed E-state index contributed by atoms with van der Waals surface area (Å²) in [6.45, 7) is 1.47. The summed E-state index contributed by atoms with van der Waals surface area (Å²) < 4.78 is 0.777. The van der Waals surface area contributed by atoms with E-state index in [9.17, 15) is 9.90 Å². The van der Waals surface area contributed by atoms with E-state index in [0.29, 0.717) is 11.8 Å². The first-order valence-electron chi connectivity index (χ1n) is 2.99. The summed E-state index contributed by atoms with van der Waals surface area (Å²) in [4.78, 5) is 10.4. The molecule has 1 rings (SSSR count). The van der Waals surface area contributed by atoms with Crippen LogP contribution in [0, 0.1) is 0 Å². The molecule has 0 aromatic carbocycles. The molecule has 0 amide bonds. The third kappa shape index (κ3) is 1.69. The Kier molecular flexibility index (Phi) is 2.47. The third-order valence-electron chi connectivity index (χ3n) is 1.39. The topological polar surface area (TPSA) is 37.3 Å². The van der Waals surface area contributed by atoms with E-state index in [0.717, 1.165) is 4.47 Å². The van der Waals surface area contributed by atoms with Crippen LogP contribution in [0.5, 0.6) is 0 Å². The van der Waals surface area contributed by atoms with Gasteiger partial charge in [0, 0.05) is 15.4 Å². The minimum absolute atomic E-state index is 0.528. The van der Waals surface area contributed by atoms with E-state index in [4.69, 9.17) is 0 Å². The number of carbonyl (C=O) groups excluding carboxylic acids is 1. The SMILES string of the molecule is CC(O)(C=O)c1cscc1Br. The van der Waals surface area contributed by atoms with Gasteiger partial charge in [-0.3, -0.25) is 4.79 Å². The molecular formula is C7H7BrO2S. The van der Waals surface area contributed by atoms with E-state index < -0.39 is 5.60 Å². The van der Waals surface area contributed by atoms with Gasteiger partial charge in [0.1, 0.15) is 5.60 Å². The molecular weight excluding hydrogens is 228 g/mol. The first-order valence-corrected chi connectivity index (χ1v) is 4.72. The van der Waals surface area contributed by atoms with Crippen LogP contribution in [0.4, 0.5) is 0 Å². The van der Waals surface area contributed by atoms with Crippen LogP contribution in [0.2, 0.25) is 0 Å². The Labute approximate surface area is 77.0 Å². The van der Waals surface area contributed by atoms with Gasteiger partial charge in [0.2, 0.25) is 0 Å². The molecule has 0 aliphatic rings. The van der Waals surface area contributed by atoms with Gasteiger partial charge in [0.15, 0.2) is 6.29 Å². The van der Waals surface area contributed by atoms with Crippen LogP contribution < -0.4 is 0 Å². The number of hydrogen-bond acceptors (Lipinski definition) is 3. The van der Waals surface area contributed by atoms with Crippen molar-refractivity contribution in [1.29, 1.82) is 0 Å². The van der Waals surface area contributed by atoms with Gasteiger partial charge >= 0.3 is 0 Å². The van der Waals surface area contributed by atoms with Crippen molar-refractivity contribution < 1.29 is 9.90 Å². The van der Waals surface area contributed by atoms with Gasteiger partial charge < -0.3 is 5.11 Å². The second kappa shape index (κ2) is 3.05. The molecule has 0 saturated carbocycles. The molecule has 1 aromatic heterocycles. The fourth-order valence-corrected chi connectivity index (χ4v) is 2.51. The number of hydrogen-bond donors (Lipinski definition) is 1. The Morgan fingerprint density at radius 1 is 1.73 bits per heavy atom. The van der Waals surface area contributed by atoms with Gasteiger partial charge in [-0.05, 0) is 28.2 Å². The van der Waals surface area contributed by atoms with E-state index in [-0.39, 0.29) is 0 Å². The lowest BCUT2D eigenvalue weighted by Crippen LogP contribution is -2.22. The van der Waals surface area contributed by atoms with Crippen molar-refractivity contribution in [1.82, 2.24) is 0 Å². The first-order chi connectivity index (χ1) is 5.08. The van der Waals surface area contributed by atoms with Gasteiger partial charge in [-0.1, -0.05) is 0 Å². The van der Waals surface area contributed by atoms with Gasteiger partial charge in [-0.2, -0.15) is 11.3 Å². The smallest absolute Gasteiger partial charge is 0.155 e. The minimum Gasteiger partial charge on any atom is -0.378 e. The maximum atomic E-state index is 10.4. The second-order valence-electron chi connectivity index (χ2n) is 2.40. The van der Waals surface area contributed by atoms with Crippen molar-refractivity contribution in [3.63, 3.8) is 0 Å². The fourth-order valence-electron chi connectivity index (χ4n) is 0.706. The molecule has 60 valence electrons. The van der Waals surface area contributed by atoms with Crippen molar-refractivity contribution in [2.75, 3.05) is 0 Å². The predicted molar refractivity (Wildman–Crippen MR) is 47.7 cm³/mol. The third-order valence-corrected chi connectivity index (χ3v) is 3.09. The highest BCUT2D eigenvalue weighted by molar-refractivity contribution is 9.10. The van der Waals surface area contributed by atoms with Crippen LogP contribution in [0.25, 0.3) is 0 Å². The highest BCUT2D eigenvalue weighted by Gasteiger charge is 2.24. The zero-order chi connectivity index (χ0) is 8.48. The molecule has 0 fully saturated rings. The maximum absolute atomic E-state index is 10.4. The molecule has 0 spiro atoms. The Morgan fingerprint density at radius 3 is 2.73 bits per heavy atom. The molecule has 1 heterocycles. The number of rotatable bonds is 2. The summed E-state index contributed by atoms with van der Waals surface area (Å²) >= 11 is 4.68. The van der Waals surface area contributed by atoms with Crippen molar-refractivity contribution in [3.8, 4) is 0 Å². The summed E-state index contributed by atoms with van der Waals surface area (Å²) in [7, 11) is 0. The molecule has 0 saturated heterocycles. The standard InChI is InChI=1S/C7H7BrO2S/c1-7(10,4-9)5-2-11-3-6(5)8/h2-4,10H,1H3. The molecule has 4 heteroatoms. The lowest BCUT2D eigenvalue weighted by molar-refractivity contribution is -0.123. The molecule has 1 atom stereocenters. The fraction of sp³-hybridized carbons (Fsp3) is 0.286. The molecule has 11 heavy (non-hydrogen) atoms. The summed E-state index contributed by atoms with van der Waals surface area (Å²) in [5, 5.41) is 13.0. The second-order valence-corrected chi connectivity index (χ2v) is 4.00. The van der Waals surface area contributed by atoms with Gasteiger partial charge in [-0.15, -0.1) is 0 Å². The van der Waals surface area contributed by atoms with Gasteiger partial charge in [-0.25, -0.2) is 0 Å². The lowest BCUT2D eigenvalue weighted by atomic mass is 10.0. The summed E-state index contributed by atoms with van der Waals surface area (Å²) in [5.74, 6) is 0. The Bertz CT molecular complexity index is 267. The monoisotopic (exact) mass is 234 g/mol. The average Bonchev–Trinajstić information content (AvgIpc) is 2.36. The number of aliphatic hydroxyl groups is 1. The Balaban J connectivity index is 3.10. The molecule has 2 nitrogen and oxygen atoms in total. The van der Waals surface area contributed by atoms with E-state index in [1.54, 1.807) is 5.38 Å². The van der Waals surface area contributed by atoms with E-state index in [2.05, 4.69) is 15.9 Å². The van der Waals surface area contributed by atoms with Crippen molar-refractivity contribution in [2.45, 2.75) is 12.5 Å². The van der Waals surface area contributed by atoms with Crippen LogP contribution in [-0.2, 0) is 10.4 Å². The summed E-state index contributed by atoms with van der Waals surface area (Å²) in [6.07, 6.45) is 0.528. The molecule has 0 bridgehead atoms. The van der Waals surface area contributed by atoms with Crippen molar-refractivity contribution >= 4 is 33.6 Å². The minimum atomic E-state index is -1.36. The van der Waals surface area contributed by atoms with Crippen LogP contribution in [-0.4, -0.2) is 11.4 Å². The molecule has 1 unspecified atom stereocenters. The lowest BCUT2D eigenvalue weighted by Gasteiger charge is -2.14. The van der Waals surface area contributed by atoms with E-state index >= 15 is 0 Å². The molecule has 0 radical (unpaired) electrons. The van der Waals surface area contributed by atoms with E-state index in [1.807, 2.05) is 5.38 Å². The summed E-state index contributed by atoms with van der Waals surface area (Å²) in [6, 6.07) is 0. The quantitative estimate of drug-likeness (QED) is 0.795. The first kappa shape index (κ1) is 8.90.